The molecule has 148 valence electrons. The van der Waals surface area contributed by atoms with E-state index in [2.05, 4.69) is 21.3 Å². The van der Waals surface area contributed by atoms with Crippen molar-refractivity contribution in [2.75, 3.05) is 10.6 Å². The van der Waals surface area contributed by atoms with Gasteiger partial charge in [-0.15, -0.1) is 0 Å². The van der Waals surface area contributed by atoms with Crippen LogP contribution in [0.15, 0.2) is 54.6 Å². The first-order chi connectivity index (χ1) is 13.3. The molecular weight excluding hydrogens is 356 g/mol. The summed E-state index contributed by atoms with van der Waals surface area (Å²) in [5.41, 5.74) is 2.20. The number of carbonyl (C=O) groups is 3. The minimum atomic E-state index is -0.689. The molecule has 0 aliphatic heterocycles. The SMILES string of the molecule is CC(=O)Nc1ccc(NC(=O)C(NC(=O)NCc2ccccc2)C(C)C)cc1. The predicted octanol–water partition coefficient (Wildman–Crippen LogP) is 3.11. The third kappa shape index (κ3) is 6.75. The maximum atomic E-state index is 12.6. The average molecular weight is 382 g/mol. The van der Waals surface area contributed by atoms with Gasteiger partial charge < -0.3 is 21.3 Å². The number of benzene rings is 2. The fraction of sp³-hybridized carbons (Fsp3) is 0.286. The summed E-state index contributed by atoms with van der Waals surface area (Å²) < 4.78 is 0. The number of carbonyl (C=O) groups excluding carboxylic acids is 3. The number of urea groups is 1. The Hall–Kier alpha value is -3.35. The van der Waals surface area contributed by atoms with Gasteiger partial charge in [0.2, 0.25) is 11.8 Å². The summed E-state index contributed by atoms with van der Waals surface area (Å²) in [4.78, 5) is 35.9. The van der Waals surface area contributed by atoms with Crippen molar-refractivity contribution >= 4 is 29.2 Å². The molecule has 0 spiro atoms. The van der Waals surface area contributed by atoms with Crippen molar-refractivity contribution in [3.8, 4) is 0 Å². The number of rotatable bonds is 7. The van der Waals surface area contributed by atoms with Gasteiger partial charge in [-0.25, -0.2) is 4.79 Å². The summed E-state index contributed by atoms with van der Waals surface area (Å²) in [6.07, 6.45) is 0. The van der Waals surface area contributed by atoms with Gasteiger partial charge in [0, 0.05) is 24.8 Å². The maximum absolute atomic E-state index is 12.6. The van der Waals surface area contributed by atoms with Crippen LogP contribution in [0.3, 0.4) is 0 Å². The highest BCUT2D eigenvalue weighted by molar-refractivity contribution is 5.97. The highest BCUT2D eigenvalue weighted by Crippen LogP contribution is 2.15. The van der Waals surface area contributed by atoms with E-state index < -0.39 is 12.1 Å². The van der Waals surface area contributed by atoms with Crippen molar-refractivity contribution in [3.63, 3.8) is 0 Å². The third-order valence-electron chi connectivity index (χ3n) is 4.00. The zero-order chi connectivity index (χ0) is 20.5. The largest absolute Gasteiger partial charge is 0.334 e. The minimum absolute atomic E-state index is 0.0962. The molecule has 28 heavy (non-hydrogen) atoms. The lowest BCUT2D eigenvalue weighted by Crippen LogP contribution is -2.50. The van der Waals surface area contributed by atoms with E-state index in [9.17, 15) is 14.4 Å². The van der Waals surface area contributed by atoms with E-state index in [-0.39, 0.29) is 17.7 Å². The summed E-state index contributed by atoms with van der Waals surface area (Å²) in [5.74, 6) is -0.569. The van der Waals surface area contributed by atoms with E-state index in [1.165, 1.54) is 6.92 Å². The molecule has 2 aromatic carbocycles. The van der Waals surface area contributed by atoms with Crippen LogP contribution in [0.2, 0.25) is 0 Å². The van der Waals surface area contributed by atoms with Crippen molar-refractivity contribution in [1.29, 1.82) is 0 Å². The molecule has 0 radical (unpaired) electrons. The fourth-order valence-electron chi connectivity index (χ4n) is 2.57. The van der Waals surface area contributed by atoms with E-state index in [0.717, 1.165) is 5.56 Å². The second kappa shape index (κ2) is 10.1. The molecule has 0 aromatic heterocycles. The molecule has 1 unspecified atom stereocenters. The molecule has 0 aliphatic carbocycles. The van der Waals surface area contributed by atoms with Gasteiger partial charge in [-0.1, -0.05) is 44.2 Å². The van der Waals surface area contributed by atoms with Crippen molar-refractivity contribution in [2.24, 2.45) is 5.92 Å². The van der Waals surface area contributed by atoms with Crippen LogP contribution < -0.4 is 21.3 Å². The van der Waals surface area contributed by atoms with Gasteiger partial charge in [0.25, 0.3) is 0 Å². The quantitative estimate of drug-likeness (QED) is 0.592. The third-order valence-corrected chi connectivity index (χ3v) is 4.00. The molecule has 0 saturated carbocycles. The Morgan fingerprint density at radius 1 is 0.857 bits per heavy atom. The van der Waals surface area contributed by atoms with Crippen molar-refractivity contribution in [2.45, 2.75) is 33.4 Å². The maximum Gasteiger partial charge on any atom is 0.315 e. The second-order valence-electron chi connectivity index (χ2n) is 6.78. The van der Waals surface area contributed by atoms with Gasteiger partial charge in [0.15, 0.2) is 0 Å². The number of amides is 4. The average Bonchev–Trinajstić information content (AvgIpc) is 2.66. The lowest BCUT2D eigenvalue weighted by atomic mass is 10.0. The monoisotopic (exact) mass is 382 g/mol. The van der Waals surface area contributed by atoms with Crippen LogP contribution in [0.5, 0.6) is 0 Å². The van der Waals surface area contributed by atoms with E-state index >= 15 is 0 Å². The normalized spacial score (nSPS) is 11.4. The Balaban J connectivity index is 1.91. The molecule has 0 saturated heterocycles. The molecule has 1 atom stereocenters. The number of nitrogens with one attached hydrogen (secondary N) is 4. The highest BCUT2D eigenvalue weighted by Gasteiger charge is 2.24. The molecule has 2 rings (SSSR count). The number of hydrogen-bond acceptors (Lipinski definition) is 3. The molecule has 0 fully saturated rings. The first kappa shape index (κ1) is 21.0. The van der Waals surface area contributed by atoms with Crippen LogP contribution >= 0.6 is 0 Å². The van der Waals surface area contributed by atoms with Crippen LogP contribution in [-0.4, -0.2) is 23.9 Å². The Morgan fingerprint density at radius 2 is 1.43 bits per heavy atom. The second-order valence-corrected chi connectivity index (χ2v) is 6.78. The molecule has 4 amide bonds. The summed E-state index contributed by atoms with van der Waals surface area (Å²) in [5, 5.41) is 10.9. The van der Waals surface area contributed by atoms with E-state index in [0.29, 0.717) is 17.9 Å². The predicted molar refractivity (Wildman–Crippen MR) is 110 cm³/mol. The molecule has 0 aliphatic rings. The van der Waals surface area contributed by atoms with Gasteiger partial charge in [0.1, 0.15) is 6.04 Å². The van der Waals surface area contributed by atoms with Crippen LogP contribution in [-0.2, 0) is 16.1 Å². The molecule has 0 heterocycles. The first-order valence-corrected chi connectivity index (χ1v) is 9.12. The van der Waals surface area contributed by atoms with Crippen molar-refractivity contribution in [3.05, 3.63) is 60.2 Å². The Bertz CT molecular complexity index is 804. The van der Waals surface area contributed by atoms with Crippen molar-refractivity contribution in [1.82, 2.24) is 10.6 Å². The number of anilines is 2. The summed E-state index contributed by atoms with van der Waals surface area (Å²) in [7, 11) is 0. The molecule has 0 bridgehead atoms. The van der Waals surface area contributed by atoms with Gasteiger partial charge in [-0.2, -0.15) is 0 Å². The Kier molecular flexibility index (Phi) is 7.56. The van der Waals surface area contributed by atoms with E-state index in [4.69, 9.17) is 0 Å². The van der Waals surface area contributed by atoms with Crippen LogP contribution in [0, 0.1) is 5.92 Å². The van der Waals surface area contributed by atoms with Crippen LogP contribution in [0.4, 0.5) is 16.2 Å². The van der Waals surface area contributed by atoms with Gasteiger partial charge in [-0.05, 0) is 35.7 Å². The highest BCUT2D eigenvalue weighted by atomic mass is 16.2. The summed E-state index contributed by atoms with van der Waals surface area (Å²) in [6.45, 7) is 5.53. The number of hydrogen-bond donors (Lipinski definition) is 4. The van der Waals surface area contributed by atoms with Gasteiger partial charge >= 0.3 is 6.03 Å². The summed E-state index contributed by atoms with van der Waals surface area (Å²) in [6, 6.07) is 15.2. The van der Waals surface area contributed by atoms with E-state index in [1.807, 2.05) is 44.2 Å². The smallest absolute Gasteiger partial charge is 0.315 e. The zero-order valence-corrected chi connectivity index (χ0v) is 16.3. The molecule has 7 nitrogen and oxygen atoms in total. The van der Waals surface area contributed by atoms with Crippen molar-refractivity contribution < 1.29 is 14.4 Å². The Morgan fingerprint density at radius 3 is 1.96 bits per heavy atom. The summed E-state index contributed by atoms with van der Waals surface area (Å²) >= 11 is 0. The molecular formula is C21H26N4O3. The molecule has 7 heteroatoms. The molecule has 4 N–H and O–H groups in total. The van der Waals surface area contributed by atoms with Gasteiger partial charge in [0.05, 0.1) is 0 Å². The first-order valence-electron chi connectivity index (χ1n) is 9.12. The fourth-order valence-corrected chi connectivity index (χ4v) is 2.57. The zero-order valence-electron chi connectivity index (χ0n) is 16.3. The standard InChI is InChI=1S/C21H26N4O3/c1-14(2)19(25-21(28)22-13-16-7-5-4-6-8-16)20(27)24-18-11-9-17(10-12-18)23-15(3)26/h4-12,14,19H,13H2,1-3H3,(H,23,26)(H,24,27)(H2,22,25,28). The van der Waals surface area contributed by atoms with Gasteiger partial charge in [-0.3, -0.25) is 9.59 Å². The lowest BCUT2D eigenvalue weighted by Gasteiger charge is -2.22. The van der Waals surface area contributed by atoms with Crippen LogP contribution in [0.25, 0.3) is 0 Å². The van der Waals surface area contributed by atoms with Crippen LogP contribution in [0.1, 0.15) is 26.3 Å². The molecule has 2 aromatic rings. The lowest BCUT2D eigenvalue weighted by molar-refractivity contribution is -0.119. The van der Waals surface area contributed by atoms with E-state index in [1.54, 1.807) is 24.3 Å². The Labute approximate surface area is 164 Å². The minimum Gasteiger partial charge on any atom is -0.334 e. The topological polar surface area (TPSA) is 99.3 Å².